The van der Waals surface area contributed by atoms with Gasteiger partial charge in [-0.05, 0) is 45.7 Å². The van der Waals surface area contributed by atoms with Crippen LogP contribution in [0.1, 0.15) is 33.6 Å². The van der Waals surface area contributed by atoms with Gasteiger partial charge in [0.05, 0.1) is 0 Å². The maximum absolute atomic E-state index is 12.3. The first-order valence-corrected chi connectivity index (χ1v) is 7.52. The molecule has 0 spiro atoms. The van der Waals surface area contributed by atoms with Gasteiger partial charge in [0.25, 0.3) is 0 Å². The van der Waals surface area contributed by atoms with Crippen LogP contribution in [0, 0.1) is 0 Å². The molecular formula is C12H19N3O2S. The Morgan fingerprint density at radius 1 is 1.33 bits per heavy atom. The second kappa shape index (κ2) is 4.51. The zero-order valence-electron chi connectivity index (χ0n) is 10.9. The normalized spacial score (nSPS) is 16.6. The molecule has 0 bridgehead atoms. The number of aromatic nitrogens is 1. The molecule has 0 saturated heterocycles. The zero-order chi connectivity index (χ0) is 13.4. The predicted octanol–water partition coefficient (Wildman–Crippen LogP) is 1.73. The molecule has 100 valence electrons. The summed E-state index contributed by atoms with van der Waals surface area (Å²) in [5.41, 5.74) is -0.508. The minimum atomic E-state index is -3.54. The van der Waals surface area contributed by atoms with Crippen molar-refractivity contribution in [3.63, 3.8) is 0 Å². The standard InChI is InChI=1S/C12H19N3O2S/c1-12(2,3)15-18(16,17)10-5-4-8-13-11(10)14-9-6-7-9/h4-5,8-9,15H,6-7H2,1-3H3,(H,13,14). The monoisotopic (exact) mass is 269 g/mol. The van der Waals surface area contributed by atoms with E-state index in [2.05, 4.69) is 15.0 Å². The fourth-order valence-corrected chi connectivity index (χ4v) is 3.13. The number of sulfonamides is 1. The summed E-state index contributed by atoms with van der Waals surface area (Å²) < 4.78 is 27.2. The molecule has 1 aliphatic carbocycles. The van der Waals surface area contributed by atoms with E-state index in [-0.39, 0.29) is 4.90 Å². The third-order valence-corrected chi connectivity index (χ3v) is 4.21. The van der Waals surface area contributed by atoms with E-state index in [1.807, 2.05) is 20.8 Å². The number of pyridine rings is 1. The van der Waals surface area contributed by atoms with Crippen molar-refractivity contribution < 1.29 is 8.42 Å². The van der Waals surface area contributed by atoms with E-state index >= 15 is 0 Å². The average Bonchev–Trinajstić information content (AvgIpc) is 2.98. The first-order valence-electron chi connectivity index (χ1n) is 6.03. The third-order valence-electron chi connectivity index (χ3n) is 2.42. The highest BCUT2D eigenvalue weighted by atomic mass is 32.2. The number of hydrogen-bond donors (Lipinski definition) is 2. The van der Waals surface area contributed by atoms with Crippen LogP contribution in [-0.4, -0.2) is 25.0 Å². The Kier molecular flexibility index (Phi) is 3.33. The first-order chi connectivity index (χ1) is 8.28. The lowest BCUT2D eigenvalue weighted by molar-refractivity contribution is 0.491. The van der Waals surface area contributed by atoms with Crippen molar-refractivity contribution in [1.29, 1.82) is 0 Å². The zero-order valence-corrected chi connectivity index (χ0v) is 11.7. The molecule has 1 saturated carbocycles. The van der Waals surface area contributed by atoms with Gasteiger partial charge in [-0.25, -0.2) is 18.1 Å². The molecule has 1 aliphatic rings. The lowest BCUT2D eigenvalue weighted by Crippen LogP contribution is -2.40. The van der Waals surface area contributed by atoms with Crippen molar-refractivity contribution in [2.24, 2.45) is 0 Å². The van der Waals surface area contributed by atoms with E-state index in [1.54, 1.807) is 18.3 Å². The molecule has 1 aromatic rings. The highest BCUT2D eigenvalue weighted by Crippen LogP contribution is 2.27. The Balaban J connectivity index is 2.31. The molecule has 1 heterocycles. The van der Waals surface area contributed by atoms with Gasteiger partial charge in [0.1, 0.15) is 10.7 Å². The predicted molar refractivity (Wildman–Crippen MR) is 71.0 cm³/mol. The number of anilines is 1. The summed E-state index contributed by atoms with van der Waals surface area (Å²) in [6, 6.07) is 3.57. The van der Waals surface area contributed by atoms with Gasteiger partial charge in [-0.2, -0.15) is 0 Å². The minimum Gasteiger partial charge on any atom is -0.366 e. The Hall–Kier alpha value is -1.14. The van der Waals surface area contributed by atoms with Gasteiger partial charge in [-0.1, -0.05) is 0 Å². The van der Waals surface area contributed by atoms with Crippen LogP contribution in [0.15, 0.2) is 23.2 Å². The van der Waals surface area contributed by atoms with Crippen LogP contribution in [0.25, 0.3) is 0 Å². The third kappa shape index (κ3) is 3.43. The van der Waals surface area contributed by atoms with Gasteiger partial charge in [-0.3, -0.25) is 0 Å². The van der Waals surface area contributed by atoms with Crippen LogP contribution < -0.4 is 10.0 Å². The first kappa shape index (κ1) is 13.3. The summed E-state index contributed by atoms with van der Waals surface area (Å²) in [7, 11) is -3.54. The number of hydrogen-bond acceptors (Lipinski definition) is 4. The molecule has 0 unspecified atom stereocenters. The highest BCUT2D eigenvalue weighted by molar-refractivity contribution is 7.89. The summed E-state index contributed by atoms with van der Waals surface area (Å²) in [6.07, 6.45) is 3.74. The lowest BCUT2D eigenvalue weighted by Gasteiger charge is -2.21. The topological polar surface area (TPSA) is 71.1 Å². The highest BCUT2D eigenvalue weighted by Gasteiger charge is 2.28. The van der Waals surface area contributed by atoms with Crippen molar-refractivity contribution in [2.45, 2.75) is 50.1 Å². The molecular weight excluding hydrogens is 250 g/mol. The molecule has 1 fully saturated rings. The van der Waals surface area contributed by atoms with Gasteiger partial charge in [0.15, 0.2) is 0 Å². The van der Waals surface area contributed by atoms with Crippen LogP contribution in [0.2, 0.25) is 0 Å². The Morgan fingerprint density at radius 3 is 2.56 bits per heavy atom. The molecule has 6 heteroatoms. The van der Waals surface area contributed by atoms with E-state index in [0.717, 1.165) is 12.8 Å². The molecule has 5 nitrogen and oxygen atoms in total. The maximum atomic E-state index is 12.3. The average molecular weight is 269 g/mol. The molecule has 1 aromatic heterocycles. The minimum absolute atomic E-state index is 0.215. The van der Waals surface area contributed by atoms with Crippen LogP contribution in [0.4, 0.5) is 5.82 Å². The van der Waals surface area contributed by atoms with Crippen LogP contribution in [0.5, 0.6) is 0 Å². The largest absolute Gasteiger partial charge is 0.366 e. The van der Waals surface area contributed by atoms with Crippen LogP contribution in [-0.2, 0) is 10.0 Å². The van der Waals surface area contributed by atoms with E-state index < -0.39 is 15.6 Å². The number of rotatable bonds is 4. The molecule has 18 heavy (non-hydrogen) atoms. The van der Waals surface area contributed by atoms with Crippen molar-refractivity contribution in [1.82, 2.24) is 9.71 Å². The van der Waals surface area contributed by atoms with Crippen molar-refractivity contribution in [3.05, 3.63) is 18.3 Å². The fourth-order valence-electron chi connectivity index (χ4n) is 1.59. The van der Waals surface area contributed by atoms with E-state index in [1.165, 1.54) is 0 Å². The maximum Gasteiger partial charge on any atom is 0.244 e. The van der Waals surface area contributed by atoms with Crippen LogP contribution in [0.3, 0.4) is 0 Å². The number of nitrogens with one attached hydrogen (secondary N) is 2. The second-order valence-electron chi connectivity index (χ2n) is 5.62. The molecule has 2 rings (SSSR count). The summed E-state index contributed by atoms with van der Waals surface area (Å²) in [5, 5.41) is 3.15. The van der Waals surface area contributed by atoms with Crippen LogP contribution >= 0.6 is 0 Å². The van der Waals surface area contributed by atoms with Gasteiger partial charge in [-0.15, -0.1) is 0 Å². The Labute approximate surface area is 108 Å². The lowest BCUT2D eigenvalue weighted by atomic mass is 10.1. The Morgan fingerprint density at radius 2 is 2.00 bits per heavy atom. The number of nitrogens with zero attached hydrogens (tertiary/aromatic N) is 1. The second-order valence-corrected chi connectivity index (χ2v) is 7.28. The summed E-state index contributed by atoms with van der Waals surface area (Å²) in [6.45, 7) is 5.44. The summed E-state index contributed by atoms with van der Waals surface area (Å²) >= 11 is 0. The van der Waals surface area contributed by atoms with Gasteiger partial charge in [0, 0.05) is 17.8 Å². The summed E-state index contributed by atoms with van der Waals surface area (Å²) in [4.78, 5) is 4.34. The van der Waals surface area contributed by atoms with E-state index in [9.17, 15) is 8.42 Å². The van der Waals surface area contributed by atoms with Crippen molar-refractivity contribution in [3.8, 4) is 0 Å². The molecule has 0 aromatic carbocycles. The quantitative estimate of drug-likeness (QED) is 0.873. The van der Waals surface area contributed by atoms with E-state index in [4.69, 9.17) is 0 Å². The molecule has 2 N–H and O–H groups in total. The van der Waals surface area contributed by atoms with Gasteiger partial charge >= 0.3 is 0 Å². The van der Waals surface area contributed by atoms with Gasteiger partial charge < -0.3 is 5.32 Å². The van der Waals surface area contributed by atoms with Gasteiger partial charge in [0.2, 0.25) is 10.0 Å². The molecule has 0 atom stereocenters. The smallest absolute Gasteiger partial charge is 0.244 e. The SMILES string of the molecule is CC(C)(C)NS(=O)(=O)c1cccnc1NC1CC1. The van der Waals surface area contributed by atoms with Crippen molar-refractivity contribution in [2.75, 3.05) is 5.32 Å². The van der Waals surface area contributed by atoms with E-state index in [0.29, 0.717) is 11.9 Å². The molecule has 0 aliphatic heterocycles. The summed E-state index contributed by atoms with van der Waals surface area (Å²) in [5.74, 6) is 0.441. The van der Waals surface area contributed by atoms with Crippen molar-refractivity contribution >= 4 is 15.8 Å². The Bertz CT molecular complexity index is 530. The molecule has 0 amide bonds. The molecule has 0 radical (unpaired) electrons. The fraction of sp³-hybridized carbons (Fsp3) is 0.583.